The molecule has 0 aliphatic heterocycles. The maximum Gasteiger partial charge on any atom is 0.101 e. The molecule has 0 saturated heterocycles. The Bertz CT molecular complexity index is 331. The normalized spacial score (nSPS) is 15.6. The van der Waals surface area contributed by atoms with Crippen molar-refractivity contribution in [2.24, 2.45) is 0 Å². The van der Waals surface area contributed by atoms with E-state index >= 15 is 0 Å². The minimum absolute atomic E-state index is 0.501. The quantitative estimate of drug-likeness (QED) is 0.541. The monoisotopic (exact) mass is 241 g/mol. The summed E-state index contributed by atoms with van der Waals surface area (Å²) in [5.41, 5.74) is 2.31. The number of aryl methyl sites for hydroxylation is 1. The van der Waals surface area contributed by atoms with E-state index in [2.05, 4.69) is 21.9 Å². The van der Waals surface area contributed by atoms with Gasteiger partial charge in [-0.2, -0.15) is 0 Å². The van der Waals surface area contributed by atoms with Gasteiger partial charge in [-0.1, -0.05) is 31.4 Å². The van der Waals surface area contributed by atoms with E-state index in [-0.39, 0.29) is 0 Å². The highest BCUT2D eigenvalue weighted by Gasteiger charge is 2.30. The van der Waals surface area contributed by atoms with E-state index in [1.54, 1.807) is 0 Å². The highest BCUT2D eigenvalue weighted by molar-refractivity contribution is 6.16. The third-order valence-corrected chi connectivity index (χ3v) is 3.41. The summed E-state index contributed by atoms with van der Waals surface area (Å²) in [7, 11) is 0. The zero-order valence-corrected chi connectivity index (χ0v) is 10.7. The van der Waals surface area contributed by atoms with Gasteiger partial charge in [-0.25, -0.2) is 4.68 Å². The summed E-state index contributed by atoms with van der Waals surface area (Å²) in [6.07, 6.45) is 7.66. The van der Waals surface area contributed by atoms with Gasteiger partial charge in [-0.3, -0.25) is 0 Å². The Morgan fingerprint density at radius 2 is 2.12 bits per heavy atom. The Morgan fingerprint density at radius 3 is 2.75 bits per heavy atom. The number of alkyl halides is 1. The van der Waals surface area contributed by atoms with Crippen LogP contribution in [0, 0.1) is 0 Å². The van der Waals surface area contributed by atoms with Crippen molar-refractivity contribution in [3.8, 4) is 0 Å². The lowest BCUT2D eigenvalue weighted by molar-refractivity contribution is 0.512. The fourth-order valence-corrected chi connectivity index (χ4v) is 2.30. The van der Waals surface area contributed by atoms with Gasteiger partial charge in [-0.15, -0.1) is 16.7 Å². The molecule has 1 heterocycles. The molecule has 0 N–H and O–H groups in total. The molecule has 1 fully saturated rings. The summed E-state index contributed by atoms with van der Waals surface area (Å²) in [5, 5.41) is 8.40. The van der Waals surface area contributed by atoms with E-state index in [1.165, 1.54) is 44.2 Å². The van der Waals surface area contributed by atoms with Gasteiger partial charge < -0.3 is 0 Å². The molecule has 2 rings (SSSR count). The van der Waals surface area contributed by atoms with E-state index in [0.29, 0.717) is 11.8 Å². The first-order chi connectivity index (χ1) is 7.86. The van der Waals surface area contributed by atoms with E-state index in [0.717, 1.165) is 12.2 Å². The van der Waals surface area contributed by atoms with Crippen molar-refractivity contribution in [3.05, 3.63) is 11.4 Å². The molecule has 1 saturated carbocycles. The second-order valence-electron chi connectivity index (χ2n) is 4.61. The van der Waals surface area contributed by atoms with E-state index in [9.17, 15) is 0 Å². The number of halogens is 1. The molecule has 1 aliphatic carbocycles. The van der Waals surface area contributed by atoms with Gasteiger partial charge in [0.1, 0.15) is 5.69 Å². The van der Waals surface area contributed by atoms with Crippen molar-refractivity contribution in [3.63, 3.8) is 0 Å². The molecule has 1 aromatic heterocycles. The highest BCUT2D eigenvalue weighted by Crippen LogP contribution is 2.41. The first kappa shape index (κ1) is 11.9. The van der Waals surface area contributed by atoms with Gasteiger partial charge >= 0.3 is 0 Å². The van der Waals surface area contributed by atoms with Gasteiger partial charge in [0.2, 0.25) is 0 Å². The molecule has 0 amide bonds. The molecule has 1 aromatic rings. The second-order valence-corrected chi connectivity index (χ2v) is 4.88. The molecule has 0 bridgehead atoms. The predicted octanol–water partition coefficient (Wildman–Crippen LogP) is 3.47. The molecule has 90 valence electrons. The number of aromatic nitrogens is 3. The SMILES string of the molecule is CCCCCCn1nnc(CCl)c1C1CC1. The molecule has 1 aliphatic rings. The summed E-state index contributed by atoms with van der Waals surface area (Å²) in [6.45, 7) is 3.24. The highest BCUT2D eigenvalue weighted by atomic mass is 35.5. The lowest BCUT2D eigenvalue weighted by atomic mass is 10.2. The summed E-state index contributed by atoms with van der Waals surface area (Å²) < 4.78 is 2.09. The summed E-state index contributed by atoms with van der Waals surface area (Å²) >= 11 is 5.89. The van der Waals surface area contributed by atoms with E-state index < -0.39 is 0 Å². The molecule has 4 heteroatoms. The molecule has 3 nitrogen and oxygen atoms in total. The second kappa shape index (κ2) is 5.67. The van der Waals surface area contributed by atoms with Crippen LogP contribution >= 0.6 is 11.6 Å². The standard InChI is InChI=1S/C12H20ClN3/c1-2-3-4-5-8-16-12(10-6-7-10)11(9-13)14-15-16/h10H,2-9H2,1H3. The Labute approximate surface area is 102 Å². The third kappa shape index (κ3) is 2.76. The van der Waals surface area contributed by atoms with Crippen LogP contribution in [0.5, 0.6) is 0 Å². The average molecular weight is 242 g/mol. The van der Waals surface area contributed by atoms with Crippen molar-refractivity contribution in [1.29, 1.82) is 0 Å². The van der Waals surface area contributed by atoms with Gasteiger partial charge in [0.15, 0.2) is 0 Å². The lowest BCUT2D eigenvalue weighted by Crippen LogP contribution is -2.05. The molecular weight excluding hydrogens is 222 g/mol. The van der Waals surface area contributed by atoms with Gasteiger partial charge in [0.25, 0.3) is 0 Å². The number of hydrogen-bond donors (Lipinski definition) is 0. The molecule has 0 spiro atoms. The van der Waals surface area contributed by atoms with E-state index in [4.69, 9.17) is 11.6 Å². The largest absolute Gasteiger partial charge is 0.249 e. The zero-order valence-electron chi connectivity index (χ0n) is 9.95. The Kier molecular flexibility index (Phi) is 4.22. The van der Waals surface area contributed by atoms with Crippen LogP contribution in [-0.2, 0) is 12.4 Å². The molecule has 0 unspecified atom stereocenters. The van der Waals surface area contributed by atoms with Crippen molar-refractivity contribution in [2.45, 2.75) is 63.8 Å². The summed E-state index contributed by atoms with van der Waals surface area (Å²) in [6, 6.07) is 0. The lowest BCUT2D eigenvalue weighted by Gasteiger charge is -2.05. The third-order valence-electron chi connectivity index (χ3n) is 3.16. The van der Waals surface area contributed by atoms with Crippen molar-refractivity contribution in [2.75, 3.05) is 0 Å². The first-order valence-electron chi connectivity index (χ1n) is 6.35. The zero-order chi connectivity index (χ0) is 11.4. The first-order valence-corrected chi connectivity index (χ1v) is 6.88. The van der Waals surface area contributed by atoms with Gasteiger partial charge in [0.05, 0.1) is 11.6 Å². The Balaban J connectivity index is 1.94. The maximum atomic E-state index is 5.89. The van der Waals surface area contributed by atoms with Crippen molar-refractivity contribution < 1.29 is 0 Å². The number of nitrogens with zero attached hydrogens (tertiary/aromatic N) is 3. The van der Waals surface area contributed by atoms with Gasteiger partial charge in [-0.05, 0) is 19.3 Å². The number of unbranched alkanes of at least 4 members (excludes halogenated alkanes) is 3. The molecule has 0 radical (unpaired) electrons. The summed E-state index contributed by atoms with van der Waals surface area (Å²) in [4.78, 5) is 0. The molecule has 16 heavy (non-hydrogen) atoms. The van der Waals surface area contributed by atoms with Gasteiger partial charge in [0, 0.05) is 12.5 Å². The average Bonchev–Trinajstić information content (AvgIpc) is 3.06. The molecular formula is C12H20ClN3. The van der Waals surface area contributed by atoms with Crippen LogP contribution in [0.25, 0.3) is 0 Å². The smallest absolute Gasteiger partial charge is 0.101 e. The van der Waals surface area contributed by atoms with Crippen LogP contribution in [0.2, 0.25) is 0 Å². The minimum Gasteiger partial charge on any atom is -0.249 e. The van der Waals surface area contributed by atoms with Crippen molar-refractivity contribution in [1.82, 2.24) is 15.0 Å². The topological polar surface area (TPSA) is 30.7 Å². The fraction of sp³-hybridized carbons (Fsp3) is 0.833. The van der Waals surface area contributed by atoms with Crippen LogP contribution in [0.15, 0.2) is 0 Å². The van der Waals surface area contributed by atoms with E-state index in [1.807, 2.05) is 0 Å². The van der Waals surface area contributed by atoms with Crippen LogP contribution < -0.4 is 0 Å². The van der Waals surface area contributed by atoms with Crippen LogP contribution in [0.1, 0.15) is 62.8 Å². The molecule has 0 atom stereocenters. The van der Waals surface area contributed by atoms with Crippen LogP contribution in [-0.4, -0.2) is 15.0 Å². The maximum absolute atomic E-state index is 5.89. The minimum atomic E-state index is 0.501. The number of rotatable bonds is 7. The molecule has 0 aromatic carbocycles. The summed E-state index contributed by atoms with van der Waals surface area (Å²) in [5.74, 6) is 1.19. The fourth-order valence-electron chi connectivity index (χ4n) is 2.11. The van der Waals surface area contributed by atoms with Crippen molar-refractivity contribution >= 4 is 11.6 Å². The Hall–Kier alpha value is -0.570. The van der Waals surface area contributed by atoms with Crippen LogP contribution in [0.3, 0.4) is 0 Å². The van der Waals surface area contributed by atoms with Crippen LogP contribution in [0.4, 0.5) is 0 Å². The number of hydrogen-bond acceptors (Lipinski definition) is 2. The Morgan fingerprint density at radius 1 is 1.31 bits per heavy atom. The predicted molar refractivity (Wildman–Crippen MR) is 65.7 cm³/mol.